The van der Waals surface area contributed by atoms with Crippen LogP contribution in [0.5, 0.6) is 11.5 Å². The van der Waals surface area contributed by atoms with Crippen LogP contribution in [0.3, 0.4) is 0 Å². The molecular weight excluding hydrogens is 428 g/mol. The van der Waals surface area contributed by atoms with Crippen molar-refractivity contribution in [2.24, 2.45) is 5.92 Å². The molecule has 0 radical (unpaired) electrons. The molecule has 2 saturated heterocycles. The molecule has 6 nitrogen and oxygen atoms in total. The van der Waals surface area contributed by atoms with Crippen LogP contribution in [0.1, 0.15) is 54.1 Å². The Hall–Kier alpha value is -3.01. The van der Waals surface area contributed by atoms with Gasteiger partial charge in [-0.05, 0) is 55.3 Å². The smallest absolute Gasteiger partial charge is 0.254 e. The number of benzene rings is 2. The summed E-state index contributed by atoms with van der Waals surface area (Å²) in [5.41, 5.74) is 2.83. The van der Waals surface area contributed by atoms with Gasteiger partial charge in [-0.2, -0.15) is 0 Å². The van der Waals surface area contributed by atoms with Crippen molar-refractivity contribution >= 4 is 5.91 Å². The van der Waals surface area contributed by atoms with Gasteiger partial charge in [0.15, 0.2) is 11.5 Å². The Morgan fingerprint density at radius 3 is 2.62 bits per heavy atom. The lowest BCUT2D eigenvalue weighted by Crippen LogP contribution is -2.67. The molecule has 0 spiro atoms. The molecular formula is C28H32N2O4. The minimum absolute atomic E-state index is 0.0191. The maximum Gasteiger partial charge on any atom is 0.254 e. The maximum absolute atomic E-state index is 13.5. The van der Waals surface area contributed by atoms with Crippen LogP contribution >= 0.6 is 0 Å². The van der Waals surface area contributed by atoms with Crippen molar-refractivity contribution in [3.05, 3.63) is 59.2 Å². The van der Waals surface area contributed by atoms with Gasteiger partial charge in [-0.3, -0.25) is 9.69 Å². The summed E-state index contributed by atoms with van der Waals surface area (Å²) in [6, 6.07) is 14.1. The zero-order chi connectivity index (χ0) is 23.7. The summed E-state index contributed by atoms with van der Waals surface area (Å²) in [7, 11) is 0. The van der Waals surface area contributed by atoms with Gasteiger partial charge in [-0.1, -0.05) is 37.8 Å². The molecule has 2 fully saturated rings. The molecule has 1 amide bonds. The first kappa shape index (κ1) is 22.8. The fourth-order valence-electron chi connectivity index (χ4n) is 5.35. The van der Waals surface area contributed by atoms with Gasteiger partial charge in [0.2, 0.25) is 6.79 Å². The molecule has 2 aromatic carbocycles. The van der Waals surface area contributed by atoms with Crippen LogP contribution in [-0.4, -0.2) is 65.9 Å². The topological polar surface area (TPSA) is 62.2 Å². The third-order valence-corrected chi connectivity index (χ3v) is 7.08. The highest BCUT2D eigenvalue weighted by Gasteiger charge is 2.49. The van der Waals surface area contributed by atoms with E-state index < -0.39 is 0 Å². The van der Waals surface area contributed by atoms with Gasteiger partial charge in [-0.25, -0.2) is 0 Å². The van der Waals surface area contributed by atoms with E-state index in [0.29, 0.717) is 29.5 Å². The van der Waals surface area contributed by atoms with E-state index in [1.807, 2.05) is 17.0 Å². The number of hydrogen-bond donors (Lipinski definition) is 1. The minimum Gasteiger partial charge on any atom is -0.454 e. The molecule has 0 aromatic heterocycles. The average Bonchev–Trinajstić information content (AvgIpc) is 3.30. The molecule has 6 heteroatoms. The van der Waals surface area contributed by atoms with E-state index in [2.05, 4.69) is 54.9 Å². The number of carbonyl (C=O) groups is 1. The SMILES string of the molecule is CC(C)C#Cc1ccc([C@H]2[C@H]3CN(C(=O)c4ccc5c(c4)OCO5)CCCCN3[C@H]2CO)cc1. The number of fused-ring (bicyclic) bond motifs is 2. The fourth-order valence-corrected chi connectivity index (χ4v) is 5.35. The molecule has 5 rings (SSSR count). The summed E-state index contributed by atoms with van der Waals surface area (Å²) in [6.45, 7) is 6.81. The lowest BCUT2D eigenvalue weighted by atomic mass is 9.74. The normalized spacial score (nSPS) is 23.9. The van der Waals surface area contributed by atoms with E-state index in [-0.39, 0.29) is 37.3 Å². The van der Waals surface area contributed by atoms with Gasteiger partial charge in [0, 0.05) is 48.1 Å². The first-order chi connectivity index (χ1) is 16.5. The summed E-state index contributed by atoms with van der Waals surface area (Å²) >= 11 is 0. The van der Waals surface area contributed by atoms with E-state index in [1.165, 1.54) is 5.56 Å². The molecule has 2 aromatic rings. The number of aliphatic hydroxyl groups is 1. The highest BCUT2D eigenvalue weighted by molar-refractivity contribution is 5.95. The zero-order valence-electron chi connectivity index (χ0n) is 19.9. The molecule has 1 N–H and O–H groups in total. The van der Waals surface area contributed by atoms with Crippen molar-refractivity contribution in [1.29, 1.82) is 0 Å². The van der Waals surface area contributed by atoms with Gasteiger partial charge in [0.25, 0.3) is 5.91 Å². The Bertz CT molecular complexity index is 1100. The van der Waals surface area contributed by atoms with Crippen LogP contribution in [-0.2, 0) is 0 Å². The summed E-state index contributed by atoms with van der Waals surface area (Å²) in [5, 5.41) is 10.2. The number of aliphatic hydroxyl groups excluding tert-OH is 1. The number of nitrogens with zero attached hydrogens (tertiary/aromatic N) is 2. The van der Waals surface area contributed by atoms with Crippen LogP contribution in [0.15, 0.2) is 42.5 Å². The average molecular weight is 461 g/mol. The van der Waals surface area contributed by atoms with Crippen molar-refractivity contribution in [3.8, 4) is 23.3 Å². The van der Waals surface area contributed by atoms with Crippen LogP contribution in [0.4, 0.5) is 0 Å². The molecule has 3 aliphatic rings. The molecule has 0 aliphatic carbocycles. The highest BCUT2D eigenvalue weighted by atomic mass is 16.7. The molecule has 3 atom stereocenters. The van der Waals surface area contributed by atoms with Crippen LogP contribution in [0.25, 0.3) is 0 Å². The maximum atomic E-state index is 13.5. The van der Waals surface area contributed by atoms with E-state index in [4.69, 9.17) is 9.47 Å². The monoisotopic (exact) mass is 460 g/mol. The van der Waals surface area contributed by atoms with Crippen molar-refractivity contribution in [1.82, 2.24) is 9.80 Å². The first-order valence-corrected chi connectivity index (χ1v) is 12.2. The van der Waals surface area contributed by atoms with Crippen molar-refractivity contribution in [2.75, 3.05) is 33.0 Å². The lowest BCUT2D eigenvalue weighted by Gasteiger charge is -2.57. The van der Waals surface area contributed by atoms with E-state index in [0.717, 1.165) is 31.5 Å². The van der Waals surface area contributed by atoms with Crippen LogP contribution in [0, 0.1) is 17.8 Å². The molecule has 34 heavy (non-hydrogen) atoms. The molecule has 0 saturated carbocycles. The Morgan fingerprint density at radius 1 is 1.09 bits per heavy atom. The molecule has 3 aliphatic heterocycles. The summed E-state index contributed by atoms with van der Waals surface area (Å²) in [4.78, 5) is 17.8. The Labute approximate surface area is 201 Å². The number of carbonyl (C=O) groups excluding carboxylic acids is 1. The third-order valence-electron chi connectivity index (χ3n) is 7.08. The van der Waals surface area contributed by atoms with E-state index in [1.54, 1.807) is 6.07 Å². The third kappa shape index (κ3) is 4.38. The summed E-state index contributed by atoms with van der Waals surface area (Å²) in [5.74, 6) is 8.28. The predicted octanol–water partition coefficient (Wildman–Crippen LogP) is 3.49. The summed E-state index contributed by atoms with van der Waals surface area (Å²) < 4.78 is 10.9. The minimum atomic E-state index is 0.0191. The Kier molecular flexibility index (Phi) is 6.49. The Morgan fingerprint density at radius 2 is 1.85 bits per heavy atom. The van der Waals surface area contributed by atoms with Crippen molar-refractivity contribution in [2.45, 2.75) is 44.7 Å². The fraction of sp³-hybridized carbons (Fsp3) is 0.464. The quantitative estimate of drug-likeness (QED) is 0.711. The predicted molar refractivity (Wildman–Crippen MR) is 130 cm³/mol. The number of hydrogen-bond acceptors (Lipinski definition) is 5. The molecule has 3 heterocycles. The largest absolute Gasteiger partial charge is 0.454 e. The second-order valence-corrected chi connectivity index (χ2v) is 9.65. The number of rotatable bonds is 3. The molecule has 178 valence electrons. The van der Waals surface area contributed by atoms with E-state index in [9.17, 15) is 9.90 Å². The van der Waals surface area contributed by atoms with Crippen LogP contribution < -0.4 is 9.47 Å². The number of amides is 1. The number of ether oxygens (including phenoxy) is 2. The van der Waals surface area contributed by atoms with Gasteiger partial charge >= 0.3 is 0 Å². The second-order valence-electron chi connectivity index (χ2n) is 9.65. The molecule has 0 bridgehead atoms. The van der Waals surface area contributed by atoms with Crippen molar-refractivity contribution < 1.29 is 19.4 Å². The Balaban J connectivity index is 1.37. The summed E-state index contributed by atoms with van der Waals surface area (Å²) in [6.07, 6.45) is 1.96. The van der Waals surface area contributed by atoms with Gasteiger partial charge in [0.05, 0.1) is 6.61 Å². The van der Waals surface area contributed by atoms with Gasteiger partial charge in [-0.15, -0.1) is 0 Å². The van der Waals surface area contributed by atoms with Crippen LogP contribution in [0.2, 0.25) is 0 Å². The standard InChI is InChI=1S/C28H32N2O4/c1-19(2)5-6-20-7-9-21(10-8-20)27-23-16-29(13-3-4-14-30(23)24(27)17-31)28(32)22-11-12-25-26(15-22)34-18-33-25/h7-12,15,19,23-24,27,31H,3-4,13-14,16-18H2,1-2H3/t23-,24+,27+/m1/s1. The highest BCUT2D eigenvalue weighted by Crippen LogP contribution is 2.42. The lowest BCUT2D eigenvalue weighted by molar-refractivity contribution is -0.0606. The first-order valence-electron chi connectivity index (χ1n) is 12.2. The molecule has 0 unspecified atom stereocenters. The van der Waals surface area contributed by atoms with Crippen molar-refractivity contribution in [3.63, 3.8) is 0 Å². The second kappa shape index (κ2) is 9.69. The van der Waals surface area contributed by atoms with Gasteiger partial charge in [0.1, 0.15) is 0 Å². The van der Waals surface area contributed by atoms with Gasteiger partial charge < -0.3 is 19.5 Å². The van der Waals surface area contributed by atoms with E-state index >= 15 is 0 Å². The zero-order valence-corrected chi connectivity index (χ0v) is 19.9.